The predicted molar refractivity (Wildman–Crippen MR) is 98.7 cm³/mol. The molecule has 0 spiro atoms. The first-order valence-electron chi connectivity index (χ1n) is 9.17. The second kappa shape index (κ2) is 8.96. The van der Waals surface area contributed by atoms with E-state index in [0.717, 1.165) is 32.4 Å². The summed E-state index contributed by atoms with van der Waals surface area (Å²) in [4.78, 5) is 16.3. The first kappa shape index (κ1) is 18.6. The number of ether oxygens (including phenoxy) is 1. The molecule has 6 nitrogen and oxygen atoms in total. The number of likely N-dealkylation sites (N-methyl/N-ethyl adjacent to an activating group) is 1. The van der Waals surface area contributed by atoms with Crippen LogP contribution in [0, 0.1) is 0 Å². The molecule has 0 bridgehead atoms. The number of carbonyl (C=O) groups is 1. The molecule has 0 aliphatic carbocycles. The van der Waals surface area contributed by atoms with Crippen LogP contribution >= 0.6 is 0 Å². The smallest absolute Gasteiger partial charge is 0.275 e. The van der Waals surface area contributed by atoms with Crippen LogP contribution in [0.15, 0.2) is 40.9 Å². The maximum absolute atomic E-state index is 12.5. The third-order valence-electron chi connectivity index (χ3n) is 4.60. The Labute approximate surface area is 154 Å². The third-order valence-corrected chi connectivity index (χ3v) is 4.60. The molecule has 2 aromatic rings. The zero-order valence-electron chi connectivity index (χ0n) is 15.6. The fourth-order valence-corrected chi connectivity index (χ4v) is 3.24. The van der Waals surface area contributed by atoms with Gasteiger partial charge in [0.25, 0.3) is 5.91 Å². The number of benzene rings is 1. The van der Waals surface area contributed by atoms with Crippen LogP contribution in [-0.2, 0) is 17.8 Å². The largest absolute Gasteiger partial charge is 0.376 e. The van der Waals surface area contributed by atoms with Gasteiger partial charge in [-0.3, -0.25) is 9.69 Å². The summed E-state index contributed by atoms with van der Waals surface area (Å²) in [6.45, 7) is 2.79. The Bertz CT molecular complexity index is 695. The van der Waals surface area contributed by atoms with Crippen molar-refractivity contribution < 1.29 is 14.1 Å². The van der Waals surface area contributed by atoms with Gasteiger partial charge in [0.05, 0.1) is 12.6 Å². The molecule has 1 aliphatic rings. The summed E-state index contributed by atoms with van der Waals surface area (Å²) in [5, 5.41) is 3.96. The summed E-state index contributed by atoms with van der Waals surface area (Å²) in [5.41, 5.74) is 1.59. The van der Waals surface area contributed by atoms with Gasteiger partial charge in [-0.25, -0.2) is 0 Å². The molecule has 1 aromatic heterocycles. The van der Waals surface area contributed by atoms with Gasteiger partial charge in [0.15, 0.2) is 11.5 Å². The first-order valence-corrected chi connectivity index (χ1v) is 9.17. The molecule has 1 unspecified atom stereocenters. The lowest BCUT2D eigenvalue weighted by atomic mass is 10.1. The number of aromatic nitrogens is 1. The van der Waals surface area contributed by atoms with Gasteiger partial charge in [0.2, 0.25) is 0 Å². The van der Waals surface area contributed by atoms with E-state index >= 15 is 0 Å². The second-order valence-electron chi connectivity index (χ2n) is 7.01. The Balaban J connectivity index is 1.52. The molecular formula is C20H27N3O3. The highest BCUT2D eigenvalue weighted by molar-refractivity contribution is 5.92. The van der Waals surface area contributed by atoms with Crippen molar-refractivity contribution in [3.63, 3.8) is 0 Å². The van der Waals surface area contributed by atoms with Crippen LogP contribution < -0.4 is 0 Å². The van der Waals surface area contributed by atoms with Gasteiger partial charge in [0.1, 0.15) is 0 Å². The number of hydrogen-bond acceptors (Lipinski definition) is 5. The maximum Gasteiger partial charge on any atom is 0.275 e. The molecule has 3 rings (SSSR count). The molecule has 1 aliphatic heterocycles. The Morgan fingerprint density at radius 3 is 2.73 bits per heavy atom. The average molecular weight is 357 g/mol. The molecule has 1 atom stereocenters. The molecule has 0 saturated carbocycles. The van der Waals surface area contributed by atoms with Gasteiger partial charge in [-0.1, -0.05) is 35.5 Å². The van der Waals surface area contributed by atoms with Crippen LogP contribution in [0.3, 0.4) is 0 Å². The van der Waals surface area contributed by atoms with Crippen LogP contribution in [-0.4, -0.2) is 54.2 Å². The van der Waals surface area contributed by atoms with Crippen LogP contribution in [0.25, 0.3) is 0 Å². The number of carbonyl (C=O) groups excluding carboxylic acids is 1. The Morgan fingerprint density at radius 2 is 2.00 bits per heavy atom. The lowest BCUT2D eigenvalue weighted by Gasteiger charge is -2.26. The van der Waals surface area contributed by atoms with E-state index in [0.29, 0.717) is 24.5 Å². The van der Waals surface area contributed by atoms with Crippen molar-refractivity contribution in [3.05, 3.63) is 53.4 Å². The van der Waals surface area contributed by atoms with Crippen LogP contribution in [0.4, 0.5) is 0 Å². The Hall–Kier alpha value is -2.18. The molecule has 26 heavy (non-hydrogen) atoms. The number of hydrogen-bond donors (Lipinski definition) is 0. The van der Waals surface area contributed by atoms with Crippen LogP contribution in [0.5, 0.6) is 0 Å². The van der Waals surface area contributed by atoms with Gasteiger partial charge in [-0.15, -0.1) is 0 Å². The number of nitrogens with zero attached hydrogens (tertiary/aromatic N) is 3. The summed E-state index contributed by atoms with van der Waals surface area (Å²) >= 11 is 0. The molecule has 140 valence electrons. The molecule has 2 heterocycles. The van der Waals surface area contributed by atoms with Crippen molar-refractivity contribution in [2.75, 3.05) is 27.2 Å². The SMILES string of the molecule is CN(Cc1ccccc1)Cc1cc(C(=O)N(C)CC2CCCCO2)no1. The minimum atomic E-state index is -0.125. The van der Waals surface area contributed by atoms with Gasteiger partial charge in [-0.2, -0.15) is 0 Å². The Kier molecular flexibility index (Phi) is 6.41. The third kappa shape index (κ3) is 5.16. The van der Waals surface area contributed by atoms with Crippen LogP contribution in [0.2, 0.25) is 0 Å². The molecule has 1 amide bonds. The number of amides is 1. The molecule has 0 N–H and O–H groups in total. The zero-order chi connectivity index (χ0) is 18.4. The van der Waals surface area contributed by atoms with Gasteiger partial charge in [0, 0.05) is 32.8 Å². The summed E-state index contributed by atoms with van der Waals surface area (Å²) < 4.78 is 11.1. The summed E-state index contributed by atoms with van der Waals surface area (Å²) in [7, 11) is 3.81. The highest BCUT2D eigenvalue weighted by atomic mass is 16.5. The van der Waals surface area contributed by atoms with E-state index in [1.165, 1.54) is 5.56 Å². The fourth-order valence-electron chi connectivity index (χ4n) is 3.24. The van der Waals surface area contributed by atoms with Crippen molar-refractivity contribution in [1.29, 1.82) is 0 Å². The van der Waals surface area contributed by atoms with Gasteiger partial charge < -0.3 is 14.2 Å². The normalized spacial score (nSPS) is 17.4. The zero-order valence-corrected chi connectivity index (χ0v) is 15.6. The van der Waals surface area contributed by atoms with Crippen molar-refractivity contribution in [1.82, 2.24) is 15.0 Å². The highest BCUT2D eigenvalue weighted by Gasteiger charge is 2.22. The summed E-state index contributed by atoms with van der Waals surface area (Å²) in [6, 6.07) is 12.0. The number of rotatable bonds is 7. The lowest BCUT2D eigenvalue weighted by Crippen LogP contribution is -2.37. The van der Waals surface area contributed by atoms with Crippen molar-refractivity contribution in [3.8, 4) is 0 Å². The van der Waals surface area contributed by atoms with E-state index in [-0.39, 0.29) is 12.0 Å². The van der Waals surface area contributed by atoms with Gasteiger partial charge in [-0.05, 0) is 31.9 Å². The molecule has 1 fully saturated rings. The van der Waals surface area contributed by atoms with Crippen molar-refractivity contribution in [2.45, 2.75) is 38.5 Å². The van der Waals surface area contributed by atoms with E-state index < -0.39 is 0 Å². The molecule has 1 aromatic carbocycles. The van der Waals surface area contributed by atoms with Crippen molar-refractivity contribution >= 4 is 5.91 Å². The Morgan fingerprint density at radius 1 is 1.19 bits per heavy atom. The van der Waals surface area contributed by atoms with E-state index in [2.05, 4.69) is 22.2 Å². The molecule has 1 saturated heterocycles. The fraction of sp³-hybridized carbons (Fsp3) is 0.500. The monoisotopic (exact) mass is 357 g/mol. The van der Waals surface area contributed by atoms with E-state index in [1.54, 1.807) is 18.0 Å². The van der Waals surface area contributed by atoms with Crippen molar-refractivity contribution in [2.24, 2.45) is 0 Å². The minimum Gasteiger partial charge on any atom is -0.376 e. The standard InChI is InChI=1S/C20H27N3O3/c1-22(13-16-8-4-3-5-9-16)14-18-12-19(21-26-18)20(24)23(2)15-17-10-6-7-11-25-17/h3-5,8-9,12,17H,6-7,10-11,13-15H2,1-2H3. The topological polar surface area (TPSA) is 58.8 Å². The second-order valence-corrected chi connectivity index (χ2v) is 7.01. The first-order chi connectivity index (χ1) is 12.6. The quantitative estimate of drug-likeness (QED) is 0.762. The summed E-state index contributed by atoms with van der Waals surface area (Å²) in [5.74, 6) is 0.564. The van der Waals surface area contributed by atoms with E-state index in [4.69, 9.17) is 9.26 Å². The lowest BCUT2D eigenvalue weighted by molar-refractivity contribution is -0.000359. The van der Waals surface area contributed by atoms with E-state index in [9.17, 15) is 4.79 Å². The van der Waals surface area contributed by atoms with E-state index in [1.807, 2.05) is 25.2 Å². The molecule has 6 heteroatoms. The summed E-state index contributed by atoms with van der Waals surface area (Å²) in [6.07, 6.45) is 3.40. The molecule has 0 radical (unpaired) electrons. The van der Waals surface area contributed by atoms with Crippen LogP contribution in [0.1, 0.15) is 41.1 Å². The average Bonchev–Trinajstić information content (AvgIpc) is 3.11. The van der Waals surface area contributed by atoms with Gasteiger partial charge >= 0.3 is 0 Å². The minimum absolute atomic E-state index is 0.125. The maximum atomic E-state index is 12.5. The molecular weight excluding hydrogens is 330 g/mol. The predicted octanol–water partition coefficient (Wildman–Crippen LogP) is 2.95. The highest BCUT2D eigenvalue weighted by Crippen LogP contribution is 2.15.